The van der Waals surface area contributed by atoms with Crippen LogP contribution in [-0.2, 0) is 0 Å². The first-order valence-corrected chi connectivity index (χ1v) is 4.66. The number of pyridine rings is 2. The molecule has 76 valence electrons. The van der Waals surface area contributed by atoms with E-state index in [-0.39, 0.29) is 0 Å². The first-order chi connectivity index (χ1) is 7.25. The highest BCUT2D eigenvalue weighted by atomic mass is 15.0. The summed E-state index contributed by atoms with van der Waals surface area (Å²) in [6.45, 7) is 1.94. The number of nitrogens with one attached hydrogen (secondary N) is 1. The first-order valence-electron chi connectivity index (χ1n) is 4.66. The van der Waals surface area contributed by atoms with Crippen LogP contribution in [0.3, 0.4) is 0 Å². The Balaban J connectivity index is 2.26. The van der Waals surface area contributed by atoms with E-state index in [1.165, 1.54) is 0 Å². The molecule has 0 aliphatic heterocycles. The monoisotopic (exact) mass is 200 g/mol. The summed E-state index contributed by atoms with van der Waals surface area (Å²) in [6, 6.07) is 7.36. The topological polar surface area (TPSA) is 63.8 Å². The number of nitrogens with zero attached hydrogens (tertiary/aromatic N) is 2. The van der Waals surface area contributed by atoms with E-state index in [1.54, 1.807) is 24.5 Å². The Hall–Kier alpha value is -2.10. The van der Waals surface area contributed by atoms with E-state index in [0.29, 0.717) is 5.69 Å². The second-order valence-corrected chi connectivity index (χ2v) is 3.24. The summed E-state index contributed by atoms with van der Waals surface area (Å²) in [5, 5.41) is 3.16. The molecule has 0 radical (unpaired) electrons. The highest BCUT2D eigenvalue weighted by molar-refractivity contribution is 5.60. The Labute approximate surface area is 88.2 Å². The van der Waals surface area contributed by atoms with Crippen molar-refractivity contribution in [2.75, 3.05) is 11.1 Å². The van der Waals surface area contributed by atoms with Crippen LogP contribution < -0.4 is 11.1 Å². The van der Waals surface area contributed by atoms with Crippen LogP contribution in [0, 0.1) is 6.92 Å². The number of hydrogen-bond donors (Lipinski definition) is 2. The fourth-order valence-corrected chi connectivity index (χ4v) is 1.27. The third-order valence-electron chi connectivity index (χ3n) is 2.05. The molecule has 0 saturated carbocycles. The second-order valence-electron chi connectivity index (χ2n) is 3.24. The van der Waals surface area contributed by atoms with E-state index in [2.05, 4.69) is 15.3 Å². The predicted molar refractivity (Wildman–Crippen MR) is 60.9 cm³/mol. The van der Waals surface area contributed by atoms with Crippen molar-refractivity contribution in [3.8, 4) is 0 Å². The van der Waals surface area contributed by atoms with Crippen LogP contribution in [-0.4, -0.2) is 9.97 Å². The van der Waals surface area contributed by atoms with Gasteiger partial charge in [0.15, 0.2) is 0 Å². The van der Waals surface area contributed by atoms with Crippen LogP contribution in [0.15, 0.2) is 36.7 Å². The molecule has 0 unspecified atom stereocenters. The Kier molecular flexibility index (Phi) is 2.49. The minimum Gasteiger partial charge on any atom is -0.399 e. The van der Waals surface area contributed by atoms with Gasteiger partial charge in [0, 0.05) is 24.1 Å². The largest absolute Gasteiger partial charge is 0.399 e. The molecule has 15 heavy (non-hydrogen) atoms. The lowest BCUT2D eigenvalue weighted by Gasteiger charge is -2.07. The van der Waals surface area contributed by atoms with Gasteiger partial charge in [-0.25, -0.2) is 4.98 Å². The summed E-state index contributed by atoms with van der Waals surface area (Å²) < 4.78 is 0. The molecular formula is C11H12N4. The summed E-state index contributed by atoms with van der Waals surface area (Å²) in [4.78, 5) is 8.33. The third kappa shape index (κ3) is 2.22. The average Bonchev–Trinajstić information content (AvgIpc) is 2.22. The van der Waals surface area contributed by atoms with Crippen molar-refractivity contribution in [1.82, 2.24) is 9.97 Å². The Bertz CT molecular complexity index is 468. The molecule has 0 bridgehead atoms. The molecule has 2 rings (SSSR count). The predicted octanol–water partition coefficient (Wildman–Crippen LogP) is 2.11. The lowest BCUT2D eigenvalue weighted by molar-refractivity contribution is 1.19. The Morgan fingerprint density at radius 3 is 2.80 bits per heavy atom. The molecule has 4 heteroatoms. The lowest BCUT2D eigenvalue weighted by Crippen LogP contribution is -1.97. The van der Waals surface area contributed by atoms with Gasteiger partial charge in [-0.3, -0.25) is 4.98 Å². The molecular weight excluding hydrogens is 188 g/mol. The van der Waals surface area contributed by atoms with Crippen molar-refractivity contribution in [2.24, 2.45) is 0 Å². The molecule has 2 aromatic rings. The van der Waals surface area contributed by atoms with Crippen molar-refractivity contribution in [2.45, 2.75) is 6.92 Å². The number of nitrogen functional groups attached to an aromatic ring is 1. The smallest absolute Gasteiger partial charge is 0.132 e. The SMILES string of the molecule is Cc1ncccc1Nc1cc(N)ccn1. The van der Waals surface area contributed by atoms with Crippen molar-refractivity contribution >= 4 is 17.2 Å². The van der Waals surface area contributed by atoms with Crippen LogP contribution in [0.4, 0.5) is 17.2 Å². The summed E-state index contributed by atoms with van der Waals surface area (Å²) in [5.74, 6) is 0.728. The van der Waals surface area contributed by atoms with E-state index >= 15 is 0 Å². The zero-order chi connectivity index (χ0) is 10.7. The maximum Gasteiger partial charge on any atom is 0.132 e. The molecule has 0 aliphatic rings. The Morgan fingerprint density at radius 2 is 2.07 bits per heavy atom. The minimum absolute atomic E-state index is 0.689. The molecule has 0 fully saturated rings. The number of rotatable bonds is 2. The van der Waals surface area contributed by atoms with Crippen LogP contribution in [0.5, 0.6) is 0 Å². The molecule has 0 amide bonds. The van der Waals surface area contributed by atoms with E-state index in [4.69, 9.17) is 5.73 Å². The zero-order valence-corrected chi connectivity index (χ0v) is 8.44. The number of aromatic nitrogens is 2. The van der Waals surface area contributed by atoms with Gasteiger partial charge in [-0.15, -0.1) is 0 Å². The zero-order valence-electron chi connectivity index (χ0n) is 8.44. The molecule has 0 spiro atoms. The first kappa shape index (κ1) is 9.45. The lowest BCUT2D eigenvalue weighted by atomic mass is 10.3. The van der Waals surface area contributed by atoms with E-state index < -0.39 is 0 Å². The van der Waals surface area contributed by atoms with Gasteiger partial charge < -0.3 is 11.1 Å². The van der Waals surface area contributed by atoms with Crippen molar-refractivity contribution in [3.05, 3.63) is 42.4 Å². The molecule has 4 nitrogen and oxygen atoms in total. The number of hydrogen-bond acceptors (Lipinski definition) is 4. The maximum atomic E-state index is 5.65. The van der Waals surface area contributed by atoms with Gasteiger partial charge in [0.05, 0.1) is 11.4 Å². The number of nitrogens with two attached hydrogens (primary N) is 1. The summed E-state index contributed by atoms with van der Waals surface area (Å²) >= 11 is 0. The van der Waals surface area contributed by atoms with Crippen molar-refractivity contribution < 1.29 is 0 Å². The number of anilines is 3. The van der Waals surface area contributed by atoms with Gasteiger partial charge in [0.1, 0.15) is 5.82 Å². The highest BCUT2D eigenvalue weighted by Gasteiger charge is 1.99. The van der Waals surface area contributed by atoms with Gasteiger partial charge in [-0.2, -0.15) is 0 Å². The summed E-state index contributed by atoms with van der Waals surface area (Å²) in [5.41, 5.74) is 8.22. The molecule has 2 heterocycles. The van der Waals surface area contributed by atoms with E-state index in [1.807, 2.05) is 19.1 Å². The molecule has 0 saturated heterocycles. The van der Waals surface area contributed by atoms with Crippen LogP contribution in [0.1, 0.15) is 5.69 Å². The van der Waals surface area contributed by atoms with Crippen molar-refractivity contribution in [3.63, 3.8) is 0 Å². The quantitative estimate of drug-likeness (QED) is 0.779. The van der Waals surface area contributed by atoms with Gasteiger partial charge in [-0.05, 0) is 25.1 Å². The van der Waals surface area contributed by atoms with Crippen LogP contribution in [0.25, 0.3) is 0 Å². The Morgan fingerprint density at radius 1 is 1.20 bits per heavy atom. The summed E-state index contributed by atoms with van der Waals surface area (Å²) in [6.07, 6.45) is 3.43. The normalized spacial score (nSPS) is 9.93. The molecule has 0 aromatic carbocycles. The average molecular weight is 200 g/mol. The van der Waals surface area contributed by atoms with Crippen LogP contribution in [0.2, 0.25) is 0 Å². The fourth-order valence-electron chi connectivity index (χ4n) is 1.27. The van der Waals surface area contributed by atoms with Crippen LogP contribution >= 0.6 is 0 Å². The van der Waals surface area contributed by atoms with Crippen molar-refractivity contribution in [1.29, 1.82) is 0 Å². The standard InChI is InChI=1S/C11H12N4/c1-8-10(3-2-5-13-8)15-11-7-9(12)4-6-14-11/h2-7H,1H3,(H3,12,14,15). The van der Waals surface area contributed by atoms with Gasteiger partial charge >= 0.3 is 0 Å². The third-order valence-corrected chi connectivity index (χ3v) is 2.05. The fraction of sp³-hybridized carbons (Fsp3) is 0.0909. The molecule has 0 aliphatic carbocycles. The summed E-state index contributed by atoms with van der Waals surface area (Å²) in [7, 11) is 0. The minimum atomic E-state index is 0.689. The molecule has 3 N–H and O–H groups in total. The second kappa shape index (κ2) is 3.96. The molecule has 2 aromatic heterocycles. The van der Waals surface area contributed by atoms with E-state index in [9.17, 15) is 0 Å². The van der Waals surface area contributed by atoms with Gasteiger partial charge in [0.25, 0.3) is 0 Å². The van der Waals surface area contributed by atoms with E-state index in [0.717, 1.165) is 17.2 Å². The highest BCUT2D eigenvalue weighted by Crippen LogP contribution is 2.17. The van der Waals surface area contributed by atoms with Gasteiger partial charge in [-0.1, -0.05) is 0 Å². The van der Waals surface area contributed by atoms with Gasteiger partial charge in [0.2, 0.25) is 0 Å². The number of aryl methyl sites for hydroxylation is 1. The maximum absolute atomic E-state index is 5.65. The molecule has 0 atom stereocenters.